The number of benzene rings is 1. The van der Waals surface area contributed by atoms with Crippen LogP contribution in [0.1, 0.15) is 12.6 Å². The average molecular weight is 404 g/mol. The van der Waals surface area contributed by atoms with Crippen LogP contribution in [0.25, 0.3) is 11.7 Å². The second-order valence-electron chi connectivity index (χ2n) is 5.60. The number of halogens is 2. The van der Waals surface area contributed by atoms with Crippen LogP contribution in [0.4, 0.5) is 5.69 Å². The number of pyridine rings is 1. The molecule has 0 fully saturated rings. The number of hydrogen-bond donors (Lipinski definition) is 1. The van der Waals surface area contributed by atoms with E-state index in [1.165, 1.54) is 19.1 Å². The number of fused-ring (bicyclic) bond motifs is 1. The number of rotatable bonds is 5. The van der Waals surface area contributed by atoms with E-state index in [1.54, 1.807) is 40.9 Å². The molecule has 138 valence electrons. The second-order valence-corrected chi connectivity index (χ2v) is 6.36. The highest BCUT2D eigenvalue weighted by atomic mass is 35.5. The van der Waals surface area contributed by atoms with Gasteiger partial charge in [-0.3, -0.25) is 9.20 Å². The number of hydrogen-bond acceptors (Lipinski definition) is 4. The molecular formula is C19H15Cl2N3O3. The molecule has 0 saturated carbocycles. The van der Waals surface area contributed by atoms with Crippen molar-refractivity contribution in [2.24, 2.45) is 0 Å². The summed E-state index contributed by atoms with van der Waals surface area (Å²) < 4.78 is 6.86. The Morgan fingerprint density at radius 3 is 2.70 bits per heavy atom. The largest absolute Gasteiger partial charge is 0.449 e. The Balaban J connectivity index is 1.64. The summed E-state index contributed by atoms with van der Waals surface area (Å²) in [7, 11) is 0. The smallest absolute Gasteiger partial charge is 0.331 e. The zero-order chi connectivity index (χ0) is 19.4. The summed E-state index contributed by atoms with van der Waals surface area (Å²) in [5.41, 5.74) is 1.64. The van der Waals surface area contributed by atoms with E-state index in [9.17, 15) is 9.59 Å². The second kappa shape index (κ2) is 8.24. The zero-order valence-electron chi connectivity index (χ0n) is 14.2. The van der Waals surface area contributed by atoms with Crippen molar-refractivity contribution in [2.75, 3.05) is 5.32 Å². The third-order valence-corrected chi connectivity index (χ3v) is 4.30. The first-order chi connectivity index (χ1) is 13.0. The van der Waals surface area contributed by atoms with E-state index >= 15 is 0 Å². The summed E-state index contributed by atoms with van der Waals surface area (Å²) in [6, 6.07) is 12.2. The van der Waals surface area contributed by atoms with Gasteiger partial charge in [-0.1, -0.05) is 41.4 Å². The first-order valence-corrected chi connectivity index (χ1v) is 8.78. The summed E-state index contributed by atoms with van der Waals surface area (Å²) in [6.45, 7) is 1.47. The Labute approximate surface area is 165 Å². The van der Waals surface area contributed by atoms with Crippen LogP contribution in [0.2, 0.25) is 10.2 Å². The first-order valence-electron chi connectivity index (χ1n) is 8.02. The monoisotopic (exact) mass is 403 g/mol. The molecule has 1 atom stereocenters. The molecule has 0 spiro atoms. The van der Waals surface area contributed by atoms with Gasteiger partial charge >= 0.3 is 5.97 Å². The standard InChI is InChI=1S/C19H15Cl2N3O3/c1-12(19(26)22-14-7-3-2-6-13(14)20)27-17(25)10-9-15-18(21)23-16-8-4-5-11-24(15)16/h2-12H,1H3,(H,22,26)/b10-9+/t12-/m1/s1. The molecule has 27 heavy (non-hydrogen) atoms. The van der Waals surface area contributed by atoms with Crippen molar-refractivity contribution >= 4 is 52.5 Å². The van der Waals surface area contributed by atoms with Crippen LogP contribution in [-0.4, -0.2) is 27.4 Å². The molecule has 2 aromatic heterocycles. The van der Waals surface area contributed by atoms with Crippen molar-refractivity contribution in [1.82, 2.24) is 9.38 Å². The molecule has 0 radical (unpaired) electrons. The van der Waals surface area contributed by atoms with Gasteiger partial charge in [-0.15, -0.1) is 0 Å². The number of imidazole rings is 1. The highest BCUT2D eigenvalue weighted by Crippen LogP contribution is 2.21. The minimum Gasteiger partial charge on any atom is -0.449 e. The van der Waals surface area contributed by atoms with Gasteiger partial charge in [0.05, 0.1) is 16.4 Å². The number of anilines is 1. The zero-order valence-corrected chi connectivity index (χ0v) is 15.7. The molecule has 0 aliphatic rings. The van der Waals surface area contributed by atoms with Crippen LogP contribution in [0.15, 0.2) is 54.7 Å². The maximum Gasteiger partial charge on any atom is 0.331 e. The van der Waals surface area contributed by atoms with Crippen LogP contribution in [0, 0.1) is 0 Å². The molecule has 8 heteroatoms. The van der Waals surface area contributed by atoms with E-state index in [-0.39, 0.29) is 5.15 Å². The lowest BCUT2D eigenvalue weighted by Gasteiger charge is -2.13. The normalized spacial score (nSPS) is 12.3. The lowest BCUT2D eigenvalue weighted by molar-refractivity contribution is -0.148. The van der Waals surface area contributed by atoms with Crippen molar-refractivity contribution in [3.05, 3.63) is 70.6 Å². The van der Waals surface area contributed by atoms with Gasteiger partial charge in [-0.2, -0.15) is 0 Å². The Bertz CT molecular complexity index is 1030. The molecule has 0 bridgehead atoms. The highest BCUT2D eigenvalue weighted by Gasteiger charge is 2.18. The molecular weight excluding hydrogens is 389 g/mol. The molecule has 3 rings (SSSR count). The van der Waals surface area contributed by atoms with Gasteiger partial charge in [0.25, 0.3) is 5.91 Å². The Morgan fingerprint density at radius 2 is 1.93 bits per heavy atom. The van der Waals surface area contributed by atoms with Gasteiger partial charge in [0.1, 0.15) is 5.65 Å². The van der Waals surface area contributed by atoms with E-state index in [1.807, 2.05) is 12.1 Å². The fraction of sp³-hybridized carbons (Fsp3) is 0.105. The highest BCUT2D eigenvalue weighted by molar-refractivity contribution is 6.33. The maximum absolute atomic E-state index is 12.2. The maximum atomic E-state index is 12.2. The van der Waals surface area contributed by atoms with Crippen molar-refractivity contribution < 1.29 is 14.3 Å². The van der Waals surface area contributed by atoms with Gasteiger partial charge in [0.15, 0.2) is 11.3 Å². The van der Waals surface area contributed by atoms with Gasteiger partial charge in [0.2, 0.25) is 0 Å². The molecule has 2 heterocycles. The van der Waals surface area contributed by atoms with Crippen molar-refractivity contribution in [3.8, 4) is 0 Å². The third kappa shape index (κ3) is 4.48. The number of nitrogens with one attached hydrogen (secondary N) is 1. The summed E-state index contributed by atoms with van der Waals surface area (Å²) >= 11 is 12.1. The fourth-order valence-electron chi connectivity index (χ4n) is 2.35. The lowest BCUT2D eigenvalue weighted by atomic mass is 10.3. The SMILES string of the molecule is C[C@@H](OC(=O)/C=C/c1c(Cl)nc2ccccn12)C(=O)Nc1ccccc1Cl. The topological polar surface area (TPSA) is 72.7 Å². The first kappa shape index (κ1) is 18.9. The predicted molar refractivity (Wildman–Crippen MR) is 105 cm³/mol. The predicted octanol–water partition coefficient (Wildman–Crippen LogP) is 4.22. The molecule has 1 amide bonds. The number of carbonyl (C=O) groups excluding carboxylic acids is 2. The van der Waals surface area contributed by atoms with Crippen LogP contribution in [-0.2, 0) is 14.3 Å². The minimum atomic E-state index is -1.00. The van der Waals surface area contributed by atoms with Crippen LogP contribution in [0.3, 0.4) is 0 Å². The summed E-state index contributed by atoms with van der Waals surface area (Å²) in [4.78, 5) is 28.4. The van der Waals surface area contributed by atoms with Crippen LogP contribution >= 0.6 is 23.2 Å². The van der Waals surface area contributed by atoms with E-state index in [0.29, 0.717) is 22.1 Å². The summed E-state index contributed by atoms with van der Waals surface area (Å²) in [6.07, 6.45) is 3.46. The van der Waals surface area contributed by atoms with Gasteiger partial charge in [-0.05, 0) is 37.3 Å². The number of nitrogens with zero attached hydrogens (tertiary/aromatic N) is 2. The number of amides is 1. The van der Waals surface area contributed by atoms with Gasteiger partial charge in [0, 0.05) is 12.3 Å². The third-order valence-electron chi connectivity index (χ3n) is 3.69. The number of esters is 1. The van der Waals surface area contributed by atoms with E-state index in [2.05, 4.69) is 10.3 Å². The Hall–Kier alpha value is -2.83. The van der Waals surface area contributed by atoms with E-state index < -0.39 is 18.0 Å². The number of aromatic nitrogens is 2. The number of ether oxygens (including phenoxy) is 1. The van der Waals surface area contributed by atoms with E-state index in [4.69, 9.17) is 27.9 Å². The number of para-hydroxylation sites is 1. The van der Waals surface area contributed by atoms with Gasteiger partial charge < -0.3 is 10.1 Å². The van der Waals surface area contributed by atoms with Crippen molar-refractivity contribution in [3.63, 3.8) is 0 Å². The Morgan fingerprint density at radius 1 is 1.19 bits per heavy atom. The molecule has 0 aliphatic heterocycles. The summed E-state index contributed by atoms with van der Waals surface area (Å²) in [5.74, 6) is -1.17. The van der Waals surface area contributed by atoms with Crippen LogP contribution < -0.4 is 5.32 Å². The van der Waals surface area contributed by atoms with Crippen molar-refractivity contribution in [1.29, 1.82) is 0 Å². The Kier molecular flexibility index (Phi) is 5.78. The molecule has 6 nitrogen and oxygen atoms in total. The molecule has 1 N–H and O–H groups in total. The fourth-order valence-corrected chi connectivity index (χ4v) is 2.77. The lowest BCUT2D eigenvalue weighted by Crippen LogP contribution is -2.29. The van der Waals surface area contributed by atoms with Crippen LogP contribution in [0.5, 0.6) is 0 Å². The molecule has 0 unspecified atom stereocenters. The quantitative estimate of drug-likeness (QED) is 0.511. The summed E-state index contributed by atoms with van der Waals surface area (Å²) in [5, 5.41) is 3.26. The molecule has 1 aromatic carbocycles. The van der Waals surface area contributed by atoms with Crippen molar-refractivity contribution in [2.45, 2.75) is 13.0 Å². The molecule has 0 saturated heterocycles. The van der Waals surface area contributed by atoms with Gasteiger partial charge in [-0.25, -0.2) is 9.78 Å². The molecule has 0 aliphatic carbocycles. The van der Waals surface area contributed by atoms with E-state index in [0.717, 1.165) is 0 Å². The average Bonchev–Trinajstić information content (AvgIpc) is 2.97. The minimum absolute atomic E-state index is 0.259. The molecule has 3 aromatic rings. The number of carbonyl (C=O) groups is 2.